The predicted molar refractivity (Wildman–Crippen MR) is 124 cm³/mol. The first-order valence-electron chi connectivity index (χ1n) is 11.4. The first kappa shape index (κ1) is 31.2. The number of carboxylic acids is 1. The number of aliphatic hydroxyl groups is 1. The molecule has 0 rings (SSSR count). The molecule has 11 N–H and O–H groups in total. The minimum Gasteiger partial charge on any atom is -0.480 e. The average Bonchev–Trinajstić information content (AvgIpc) is 2.73. The monoisotopic (exact) mass is 488 g/mol. The molecule has 196 valence electrons. The molecule has 5 unspecified atom stereocenters. The molecule has 13 heteroatoms. The molecular weight excluding hydrogens is 448 g/mol. The number of aliphatic hydroxyl groups excluding tert-OH is 1. The first-order valence-corrected chi connectivity index (χ1v) is 11.4. The Bertz CT molecular complexity index is 701. The second-order valence-corrected chi connectivity index (χ2v) is 8.71. The Morgan fingerprint density at radius 3 is 1.82 bits per heavy atom. The Hall–Kier alpha value is -2.77. The van der Waals surface area contributed by atoms with Gasteiger partial charge in [0.25, 0.3) is 0 Å². The number of carbonyl (C=O) groups excluding carboxylic acids is 4. The van der Waals surface area contributed by atoms with Crippen LogP contribution in [-0.2, 0) is 24.0 Å². The molecule has 0 aromatic rings. The molecule has 0 saturated carbocycles. The number of nitrogens with one attached hydrogen (secondary N) is 3. The lowest BCUT2D eigenvalue weighted by Gasteiger charge is -2.26. The van der Waals surface area contributed by atoms with Gasteiger partial charge in [-0.2, -0.15) is 0 Å². The summed E-state index contributed by atoms with van der Waals surface area (Å²) >= 11 is 0. The standard InChI is InChI=1S/C21H40N6O7/c1-11(2)10-15(27-20(32)17(24)12(3)28)19(31)25-13(6-4-5-9-22)18(30)26-14(21(33)34)7-8-16(23)29/h11-15,17,28H,4-10,22,24H2,1-3H3,(H2,23,29)(H,25,31)(H,26,30)(H,27,32)(H,33,34). The zero-order valence-corrected chi connectivity index (χ0v) is 20.1. The van der Waals surface area contributed by atoms with Crippen LogP contribution in [0.3, 0.4) is 0 Å². The van der Waals surface area contributed by atoms with E-state index in [0.29, 0.717) is 19.4 Å². The molecule has 0 aromatic heterocycles. The number of amides is 4. The SMILES string of the molecule is CC(C)CC(NC(=O)C(N)C(C)O)C(=O)NC(CCCCN)C(=O)NC(CCC(N)=O)C(=O)O. The van der Waals surface area contributed by atoms with Crippen LogP contribution in [0.4, 0.5) is 0 Å². The fraction of sp³-hybridized carbons (Fsp3) is 0.762. The molecule has 0 spiro atoms. The number of primary amides is 1. The van der Waals surface area contributed by atoms with E-state index in [-0.39, 0.29) is 31.6 Å². The second kappa shape index (κ2) is 16.0. The van der Waals surface area contributed by atoms with E-state index < -0.39 is 59.9 Å². The number of hydrogen-bond donors (Lipinski definition) is 8. The smallest absolute Gasteiger partial charge is 0.326 e. The van der Waals surface area contributed by atoms with Gasteiger partial charge in [0.15, 0.2) is 0 Å². The number of nitrogens with two attached hydrogens (primary N) is 3. The number of carbonyl (C=O) groups is 5. The summed E-state index contributed by atoms with van der Waals surface area (Å²) in [6, 6.07) is -4.75. The van der Waals surface area contributed by atoms with Gasteiger partial charge in [-0.15, -0.1) is 0 Å². The van der Waals surface area contributed by atoms with Crippen molar-refractivity contribution in [3.05, 3.63) is 0 Å². The van der Waals surface area contributed by atoms with Crippen LogP contribution in [0.2, 0.25) is 0 Å². The third-order valence-corrected chi connectivity index (χ3v) is 5.04. The fourth-order valence-corrected chi connectivity index (χ4v) is 3.04. The van der Waals surface area contributed by atoms with Crippen LogP contribution in [0, 0.1) is 5.92 Å². The topological polar surface area (TPSA) is 240 Å². The summed E-state index contributed by atoms with van der Waals surface area (Å²) in [4.78, 5) is 60.6. The van der Waals surface area contributed by atoms with Crippen molar-refractivity contribution in [2.45, 2.75) is 89.6 Å². The number of unbranched alkanes of at least 4 members (excludes halogenated alkanes) is 1. The fourth-order valence-electron chi connectivity index (χ4n) is 3.04. The minimum atomic E-state index is -1.37. The van der Waals surface area contributed by atoms with Gasteiger partial charge in [-0.3, -0.25) is 19.2 Å². The minimum absolute atomic E-state index is 0.00599. The van der Waals surface area contributed by atoms with Crippen molar-refractivity contribution >= 4 is 29.6 Å². The van der Waals surface area contributed by atoms with E-state index in [2.05, 4.69) is 16.0 Å². The third kappa shape index (κ3) is 12.5. The summed E-state index contributed by atoms with van der Waals surface area (Å²) in [6.45, 7) is 5.38. The van der Waals surface area contributed by atoms with Crippen molar-refractivity contribution in [1.82, 2.24) is 16.0 Å². The van der Waals surface area contributed by atoms with E-state index in [1.54, 1.807) is 0 Å². The number of rotatable bonds is 17. The van der Waals surface area contributed by atoms with Crippen LogP contribution in [0.1, 0.15) is 59.3 Å². The van der Waals surface area contributed by atoms with Gasteiger partial charge >= 0.3 is 5.97 Å². The van der Waals surface area contributed by atoms with Gasteiger partial charge in [0.2, 0.25) is 23.6 Å². The van der Waals surface area contributed by atoms with Gasteiger partial charge in [0.1, 0.15) is 24.2 Å². The zero-order chi connectivity index (χ0) is 26.4. The van der Waals surface area contributed by atoms with E-state index >= 15 is 0 Å². The van der Waals surface area contributed by atoms with Gasteiger partial charge in [0, 0.05) is 6.42 Å². The van der Waals surface area contributed by atoms with Crippen LogP contribution < -0.4 is 33.2 Å². The van der Waals surface area contributed by atoms with Crippen LogP contribution in [0.25, 0.3) is 0 Å². The summed E-state index contributed by atoms with van der Waals surface area (Å²) in [7, 11) is 0. The lowest BCUT2D eigenvalue weighted by molar-refractivity contribution is -0.142. The molecule has 34 heavy (non-hydrogen) atoms. The molecule has 0 aliphatic carbocycles. The predicted octanol–water partition coefficient (Wildman–Crippen LogP) is -2.33. The molecule has 0 aliphatic rings. The first-order chi connectivity index (χ1) is 15.8. The highest BCUT2D eigenvalue weighted by Gasteiger charge is 2.31. The summed E-state index contributed by atoms with van der Waals surface area (Å²) < 4.78 is 0. The summed E-state index contributed by atoms with van der Waals surface area (Å²) in [5, 5.41) is 26.3. The average molecular weight is 489 g/mol. The Balaban J connectivity index is 5.53. The third-order valence-electron chi connectivity index (χ3n) is 5.04. The maximum Gasteiger partial charge on any atom is 0.326 e. The summed E-state index contributed by atoms with van der Waals surface area (Å²) in [5.41, 5.74) is 16.2. The lowest BCUT2D eigenvalue weighted by atomic mass is 10.0. The van der Waals surface area contributed by atoms with Crippen molar-refractivity contribution in [2.75, 3.05) is 6.54 Å². The van der Waals surface area contributed by atoms with Gasteiger partial charge < -0.3 is 43.4 Å². The molecule has 0 aromatic carbocycles. The van der Waals surface area contributed by atoms with Crippen molar-refractivity contribution in [1.29, 1.82) is 0 Å². The molecule has 0 heterocycles. The highest BCUT2D eigenvalue weighted by molar-refractivity contribution is 5.94. The van der Waals surface area contributed by atoms with Crippen LogP contribution in [0.5, 0.6) is 0 Å². The molecule has 0 radical (unpaired) electrons. The highest BCUT2D eigenvalue weighted by atomic mass is 16.4. The van der Waals surface area contributed by atoms with Gasteiger partial charge in [-0.25, -0.2) is 4.79 Å². The highest BCUT2D eigenvalue weighted by Crippen LogP contribution is 2.09. The Morgan fingerprint density at radius 2 is 1.35 bits per heavy atom. The number of carboxylic acid groups (broad SMARTS) is 1. The Morgan fingerprint density at radius 1 is 0.824 bits per heavy atom. The molecule has 0 saturated heterocycles. The van der Waals surface area contributed by atoms with Crippen molar-refractivity contribution < 1.29 is 34.2 Å². The zero-order valence-electron chi connectivity index (χ0n) is 20.1. The van der Waals surface area contributed by atoms with Crippen LogP contribution in [0.15, 0.2) is 0 Å². The maximum atomic E-state index is 13.0. The molecule has 4 amide bonds. The second-order valence-electron chi connectivity index (χ2n) is 8.71. The Kier molecular flexibility index (Phi) is 14.7. The van der Waals surface area contributed by atoms with Gasteiger partial charge in [0.05, 0.1) is 6.10 Å². The van der Waals surface area contributed by atoms with E-state index in [0.717, 1.165) is 0 Å². The maximum absolute atomic E-state index is 13.0. The molecule has 0 bridgehead atoms. The normalized spacial score (nSPS) is 15.5. The Labute approximate surface area is 199 Å². The number of hydrogen-bond acceptors (Lipinski definition) is 8. The van der Waals surface area contributed by atoms with Crippen LogP contribution >= 0.6 is 0 Å². The van der Waals surface area contributed by atoms with Gasteiger partial charge in [-0.05, 0) is 51.5 Å². The van der Waals surface area contributed by atoms with Crippen molar-refractivity contribution in [3.63, 3.8) is 0 Å². The molecule has 13 nitrogen and oxygen atoms in total. The quantitative estimate of drug-likeness (QED) is 0.102. The molecule has 5 atom stereocenters. The number of aliphatic carboxylic acids is 1. The van der Waals surface area contributed by atoms with E-state index in [4.69, 9.17) is 17.2 Å². The van der Waals surface area contributed by atoms with Gasteiger partial charge in [-0.1, -0.05) is 13.8 Å². The molecule has 0 fully saturated rings. The van der Waals surface area contributed by atoms with E-state index in [1.165, 1.54) is 6.92 Å². The van der Waals surface area contributed by atoms with Crippen molar-refractivity contribution in [2.24, 2.45) is 23.1 Å². The van der Waals surface area contributed by atoms with Crippen LogP contribution in [-0.4, -0.2) is 76.6 Å². The van der Waals surface area contributed by atoms with Crippen molar-refractivity contribution in [3.8, 4) is 0 Å². The van der Waals surface area contributed by atoms with E-state index in [1.807, 2.05) is 13.8 Å². The summed E-state index contributed by atoms with van der Waals surface area (Å²) in [6.07, 6.45) is -0.132. The lowest BCUT2D eigenvalue weighted by Crippen LogP contribution is -2.58. The summed E-state index contributed by atoms with van der Waals surface area (Å²) in [5.74, 6) is -4.20. The van der Waals surface area contributed by atoms with E-state index in [9.17, 15) is 34.2 Å². The molecular formula is C21H40N6O7. The largest absolute Gasteiger partial charge is 0.480 e. The molecule has 0 aliphatic heterocycles.